The van der Waals surface area contributed by atoms with Gasteiger partial charge in [-0.2, -0.15) is 0 Å². The van der Waals surface area contributed by atoms with Gasteiger partial charge in [0.05, 0.1) is 26.8 Å². The first-order valence-electron chi connectivity index (χ1n) is 17.8. The Morgan fingerprint density at radius 1 is 0.423 bits per heavy atom. The first-order chi connectivity index (χ1) is 25.8. The van der Waals surface area contributed by atoms with Gasteiger partial charge >= 0.3 is 0 Å². The molecule has 2 nitrogen and oxygen atoms in total. The Labute approximate surface area is 311 Å². The molecule has 0 radical (unpaired) electrons. The van der Waals surface area contributed by atoms with E-state index >= 15 is 0 Å². The van der Waals surface area contributed by atoms with Crippen LogP contribution >= 0.6 is 22.7 Å². The van der Waals surface area contributed by atoms with Crippen LogP contribution in [0.5, 0.6) is 0 Å². The Hall–Kier alpha value is -5.94. The molecule has 0 saturated heterocycles. The minimum atomic E-state index is 0.236. The van der Waals surface area contributed by atoms with Crippen molar-refractivity contribution in [3.05, 3.63) is 188 Å². The largest absolute Gasteiger partial charge is 0.333 e. The van der Waals surface area contributed by atoms with E-state index in [1.54, 1.807) is 0 Å². The first kappa shape index (κ1) is 30.8. The maximum atomic E-state index is 2.52. The zero-order valence-electron chi connectivity index (χ0n) is 28.4. The van der Waals surface area contributed by atoms with Crippen LogP contribution < -0.4 is 9.80 Å². The van der Waals surface area contributed by atoms with Gasteiger partial charge < -0.3 is 9.80 Å². The van der Waals surface area contributed by atoms with E-state index in [0.717, 1.165) is 17.8 Å². The highest BCUT2D eigenvalue weighted by atomic mass is 32.1. The molecule has 1 aliphatic rings. The highest BCUT2D eigenvalue weighted by Crippen LogP contribution is 2.46. The summed E-state index contributed by atoms with van der Waals surface area (Å²) in [5, 5.41) is 5.26. The summed E-state index contributed by atoms with van der Waals surface area (Å²) in [5.41, 5.74) is 8.33. The van der Waals surface area contributed by atoms with Crippen molar-refractivity contribution in [3.63, 3.8) is 0 Å². The van der Waals surface area contributed by atoms with E-state index in [9.17, 15) is 0 Å². The van der Waals surface area contributed by atoms with Gasteiger partial charge in [0.2, 0.25) is 0 Å². The van der Waals surface area contributed by atoms with Crippen molar-refractivity contribution in [2.45, 2.75) is 12.5 Å². The summed E-state index contributed by atoms with van der Waals surface area (Å²) in [6.45, 7) is 0. The van der Waals surface area contributed by atoms with Crippen molar-refractivity contribution >= 4 is 91.5 Å². The Balaban J connectivity index is 1.02. The lowest BCUT2D eigenvalue weighted by Gasteiger charge is -2.33. The Kier molecular flexibility index (Phi) is 7.71. The number of thiophene rings is 2. The lowest BCUT2D eigenvalue weighted by atomic mass is 10.0. The average molecular weight is 703 g/mol. The van der Waals surface area contributed by atoms with E-state index in [4.69, 9.17) is 0 Å². The molecule has 52 heavy (non-hydrogen) atoms. The normalized spacial score (nSPS) is 14.1. The first-order valence-corrected chi connectivity index (χ1v) is 19.4. The fourth-order valence-electron chi connectivity index (χ4n) is 7.72. The second-order valence-electron chi connectivity index (χ2n) is 13.3. The predicted octanol–water partition coefficient (Wildman–Crippen LogP) is 14.6. The highest BCUT2D eigenvalue weighted by molar-refractivity contribution is 7.26. The SMILES string of the molecule is C1=CCC(N(c2ccc(-c3ccc(N(c4ccccc4)c4cccc5c4sc4ccccc45)cc3)cc2)c2cccc3c2sc2ccccc23)C=C1. The van der Waals surface area contributed by atoms with Gasteiger partial charge in [-0.15, -0.1) is 22.7 Å². The van der Waals surface area contributed by atoms with Crippen LogP contribution in [0.3, 0.4) is 0 Å². The van der Waals surface area contributed by atoms with Crippen LogP contribution in [-0.4, -0.2) is 6.04 Å². The van der Waals surface area contributed by atoms with Crippen molar-refractivity contribution in [3.8, 4) is 11.1 Å². The zero-order valence-corrected chi connectivity index (χ0v) is 30.0. The summed E-state index contributed by atoms with van der Waals surface area (Å²) in [4.78, 5) is 4.92. The molecule has 0 saturated carbocycles. The molecule has 0 fully saturated rings. The van der Waals surface area contributed by atoms with Gasteiger partial charge in [0, 0.05) is 48.0 Å². The summed E-state index contributed by atoms with van der Waals surface area (Å²) in [6, 6.07) is 60.1. The molecule has 2 aromatic heterocycles. The Morgan fingerprint density at radius 3 is 1.56 bits per heavy atom. The molecular weight excluding hydrogens is 669 g/mol. The fraction of sp³-hybridized carbons (Fsp3) is 0.0417. The lowest BCUT2D eigenvalue weighted by molar-refractivity contribution is 0.788. The monoisotopic (exact) mass is 702 g/mol. The molecule has 0 N–H and O–H groups in total. The van der Waals surface area contributed by atoms with Crippen LogP contribution in [0.4, 0.5) is 28.4 Å². The number of rotatable bonds is 7. The maximum Gasteiger partial charge on any atom is 0.0640 e. The number of fused-ring (bicyclic) bond motifs is 6. The van der Waals surface area contributed by atoms with Gasteiger partial charge in [-0.05, 0) is 78.2 Å². The smallest absolute Gasteiger partial charge is 0.0640 e. The number of para-hydroxylation sites is 1. The molecule has 248 valence electrons. The van der Waals surface area contributed by atoms with Crippen molar-refractivity contribution in [1.29, 1.82) is 0 Å². The molecule has 1 atom stereocenters. The van der Waals surface area contributed by atoms with Crippen LogP contribution in [0.1, 0.15) is 6.42 Å². The summed E-state index contributed by atoms with van der Waals surface area (Å²) in [5.74, 6) is 0. The van der Waals surface area contributed by atoms with E-state index in [-0.39, 0.29) is 6.04 Å². The molecule has 0 bridgehead atoms. The summed E-state index contributed by atoms with van der Waals surface area (Å²) in [7, 11) is 0. The molecule has 0 spiro atoms. The van der Waals surface area contributed by atoms with E-state index in [0.29, 0.717) is 0 Å². The minimum Gasteiger partial charge on any atom is -0.333 e. The molecule has 2 heterocycles. The van der Waals surface area contributed by atoms with Crippen LogP contribution in [0, 0.1) is 0 Å². The molecule has 4 heteroatoms. The van der Waals surface area contributed by atoms with Gasteiger partial charge in [0.15, 0.2) is 0 Å². The van der Waals surface area contributed by atoms with Crippen molar-refractivity contribution in [1.82, 2.24) is 0 Å². The fourth-order valence-corrected chi connectivity index (χ4v) is 10.1. The minimum absolute atomic E-state index is 0.236. The second kappa shape index (κ2) is 13.0. The quantitative estimate of drug-likeness (QED) is 0.163. The average Bonchev–Trinajstić information content (AvgIpc) is 3.79. The lowest BCUT2D eigenvalue weighted by Crippen LogP contribution is -2.29. The summed E-state index contributed by atoms with van der Waals surface area (Å²) >= 11 is 3.76. The van der Waals surface area contributed by atoms with Gasteiger partial charge in [0.1, 0.15) is 0 Å². The van der Waals surface area contributed by atoms with Crippen molar-refractivity contribution < 1.29 is 0 Å². The highest BCUT2D eigenvalue weighted by Gasteiger charge is 2.23. The molecule has 1 unspecified atom stereocenters. The number of benzene rings is 7. The van der Waals surface area contributed by atoms with E-state index < -0.39 is 0 Å². The molecule has 0 amide bonds. The van der Waals surface area contributed by atoms with Crippen LogP contribution in [-0.2, 0) is 0 Å². The number of nitrogens with zero attached hydrogens (tertiary/aromatic N) is 2. The third-order valence-electron chi connectivity index (χ3n) is 10.2. The van der Waals surface area contributed by atoms with E-state index in [2.05, 4.69) is 198 Å². The van der Waals surface area contributed by atoms with Crippen LogP contribution in [0.2, 0.25) is 0 Å². The molecule has 10 rings (SSSR count). The third kappa shape index (κ3) is 5.31. The van der Waals surface area contributed by atoms with E-state index in [1.807, 2.05) is 22.7 Å². The predicted molar refractivity (Wildman–Crippen MR) is 228 cm³/mol. The maximum absolute atomic E-state index is 2.52. The molecular formula is C48H34N2S2. The van der Waals surface area contributed by atoms with Crippen LogP contribution in [0.25, 0.3) is 51.5 Å². The number of anilines is 5. The van der Waals surface area contributed by atoms with Crippen molar-refractivity contribution in [2.24, 2.45) is 0 Å². The number of allylic oxidation sites excluding steroid dienone is 2. The van der Waals surface area contributed by atoms with Gasteiger partial charge in [-0.1, -0.05) is 127 Å². The summed E-state index contributed by atoms with van der Waals surface area (Å²) in [6.07, 6.45) is 9.91. The van der Waals surface area contributed by atoms with Gasteiger partial charge in [-0.25, -0.2) is 0 Å². The van der Waals surface area contributed by atoms with Crippen LogP contribution in [0.15, 0.2) is 188 Å². The van der Waals surface area contributed by atoms with Gasteiger partial charge in [-0.3, -0.25) is 0 Å². The summed E-state index contributed by atoms with van der Waals surface area (Å²) < 4.78 is 5.27. The Bertz CT molecular complexity index is 2770. The third-order valence-corrected chi connectivity index (χ3v) is 12.6. The molecule has 1 aliphatic carbocycles. The topological polar surface area (TPSA) is 6.48 Å². The number of hydrogen-bond donors (Lipinski definition) is 0. The standard InChI is InChI=1S/C48H34N2S2/c1-3-13-35(14-4-1)49(43-21-11-19-41-39-17-7-9-23-45(39)51-47(41)43)37-29-25-33(26-30-37)34-27-31-38(32-28-34)50(36-15-5-2-6-16-36)44-22-12-20-42-40-18-8-10-24-46(40)52-48(42)44/h1-15,17-32,36H,16H2. The van der Waals surface area contributed by atoms with Crippen molar-refractivity contribution in [2.75, 3.05) is 9.80 Å². The zero-order chi connectivity index (χ0) is 34.4. The second-order valence-corrected chi connectivity index (χ2v) is 15.4. The van der Waals surface area contributed by atoms with Gasteiger partial charge in [0.25, 0.3) is 0 Å². The molecule has 7 aromatic carbocycles. The Morgan fingerprint density at radius 2 is 0.942 bits per heavy atom. The molecule has 0 aliphatic heterocycles. The van der Waals surface area contributed by atoms with E-state index in [1.165, 1.54) is 68.5 Å². The number of hydrogen-bond acceptors (Lipinski definition) is 4. The molecule has 9 aromatic rings.